The van der Waals surface area contributed by atoms with Crippen LogP contribution in [0.15, 0.2) is 29.6 Å². The van der Waals surface area contributed by atoms with E-state index < -0.39 is 5.91 Å². The van der Waals surface area contributed by atoms with E-state index in [2.05, 4.69) is 15.3 Å². The number of thiophene rings is 1. The Bertz CT molecular complexity index is 862. The van der Waals surface area contributed by atoms with E-state index >= 15 is 0 Å². The maximum absolute atomic E-state index is 11.6. The zero-order chi connectivity index (χ0) is 15.7. The molecule has 0 spiro atoms. The molecule has 1 aromatic carbocycles. The van der Waals surface area contributed by atoms with E-state index in [4.69, 9.17) is 17.3 Å². The summed E-state index contributed by atoms with van der Waals surface area (Å²) >= 11 is 7.75. The van der Waals surface area contributed by atoms with Gasteiger partial charge in [-0.25, -0.2) is 9.97 Å². The monoisotopic (exact) mass is 332 g/mol. The van der Waals surface area contributed by atoms with E-state index in [1.165, 1.54) is 4.70 Å². The second-order valence-electron chi connectivity index (χ2n) is 4.67. The lowest BCUT2D eigenvalue weighted by Gasteiger charge is -2.11. The van der Waals surface area contributed by atoms with Crippen molar-refractivity contribution >= 4 is 50.4 Å². The molecule has 0 aliphatic rings. The zero-order valence-electron chi connectivity index (χ0n) is 11.8. The van der Waals surface area contributed by atoms with Gasteiger partial charge >= 0.3 is 0 Å². The van der Waals surface area contributed by atoms with Crippen molar-refractivity contribution in [2.75, 3.05) is 5.32 Å². The number of rotatable bonds is 4. The number of halogens is 1. The Morgan fingerprint density at radius 2 is 2.18 bits per heavy atom. The number of primary amides is 1. The largest absolute Gasteiger partial charge is 0.364 e. The molecule has 0 radical (unpaired) electrons. The van der Waals surface area contributed by atoms with Crippen LogP contribution in [-0.4, -0.2) is 15.9 Å². The highest BCUT2D eigenvalue weighted by Gasteiger charge is 2.16. The molecule has 0 atom stereocenters. The molecule has 22 heavy (non-hydrogen) atoms. The van der Waals surface area contributed by atoms with Crippen LogP contribution in [0.3, 0.4) is 0 Å². The molecule has 0 fully saturated rings. The summed E-state index contributed by atoms with van der Waals surface area (Å²) in [5.74, 6) is -0.373. The summed E-state index contributed by atoms with van der Waals surface area (Å²) in [4.78, 5) is 20.0. The quantitative estimate of drug-likeness (QED) is 0.762. The van der Waals surface area contributed by atoms with Crippen molar-refractivity contribution in [3.05, 3.63) is 46.2 Å². The van der Waals surface area contributed by atoms with Gasteiger partial charge in [-0.1, -0.05) is 18.5 Å². The normalized spacial score (nSPS) is 10.8. The summed E-state index contributed by atoms with van der Waals surface area (Å²) in [7, 11) is 0. The molecule has 2 aromatic heterocycles. The summed E-state index contributed by atoms with van der Waals surface area (Å²) < 4.78 is 1.19. The van der Waals surface area contributed by atoms with E-state index in [0.717, 1.165) is 11.1 Å². The summed E-state index contributed by atoms with van der Waals surface area (Å²) in [6.45, 7) is 1.89. The lowest BCUT2D eigenvalue weighted by atomic mass is 10.2. The van der Waals surface area contributed by atoms with Crippen molar-refractivity contribution in [3.8, 4) is 0 Å². The molecule has 0 aliphatic heterocycles. The minimum atomic E-state index is -0.641. The minimum Gasteiger partial charge on any atom is -0.364 e. The molecule has 3 rings (SSSR count). The van der Waals surface area contributed by atoms with Crippen molar-refractivity contribution < 1.29 is 4.79 Å². The van der Waals surface area contributed by atoms with Crippen LogP contribution in [0, 0.1) is 0 Å². The summed E-state index contributed by atoms with van der Waals surface area (Å²) in [5, 5.41) is 6.48. The molecule has 0 aliphatic carbocycles. The van der Waals surface area contributed by atoms with Gasteiger partial charge in [0.15, 0.2) is 16.7 Å². The van der Waals surface area contributed by atoms with Gasteiger partial charge < -0.3 is 11.1 Å². The molecule has 3 N–H and O–H groups in total. The zero-order valence-corrected chi connectivity index (χ0v) is 13.3. The first-order chi connectivity index (χ1) is 10.6. The number of carbonyl (C=O) groups excluding carboxylic acids is 1. The van der Waals surface area contributed by atoms with Gasteiger partial charge in [-0.05, 0) is 41.5 Å². The van der Waals surface area contributed by atoms with Crippen molar-refractivity contribution in [2.45, 2.75) is 13.3 Å². The van der Waals surface area contributed by atoms with Gasteiger partial charge in [-0.15, -0.1) is 11.3 Å². The van der Waals surface area contributed by atoms with Gasteiger partial charge in [0.1, 0.15) is 0 Å². The van der Waals surface area contributed by atoms with Crippen LogP contribution < -0.4 is 11.1 Å². The number of fused-ring (bicyclic) bond motifs is 1. The summed E-state index contributed by atoms with van der Waals surface area (Å²) in [6, 6.07) is 7.91. The molecule has 0 unspecified atom stereocenters. The van der Waals surface area contributed by atoms with Crippen LogP contribution in [-0.2, 0) is 6.42 Å². The number of benzene rings is 1. The van der Waals surface area contributed by atoms with Gasteiger partial charge in [0.05, 0.1) is 5.69 Å². The van der Waals surface area contributed by atoms with Crippen LogP contribution in [0.4, 0.5) is 11.5 Å². The first-order valence-electron chi connectivity index (χ1n) is 6.69. The van der Waals surface area contributed by atoms with Crippen LogP contribution in [0.2, 0.25) is 5.15 Å². The maximum Gasteiger partial charge on any atom is 0.271 e. The molecular formula is C15H13ClN4OS. The molecule has 7 heteroatoms. The lowest BCUT2D eigenvalue weighted by molar-refractivity contribution is 0.0996. The second kappa shape index (κ2) is 5.90. The Hall–Kier alpha value is -2.18. The number of nitrogens with zero attached hydrogens (tertiary/aromatic N) is 2. The number of hydrogen-bond acceptors (Lipinski definition) is 5. The third-order valence-corrected chi connectivity index (χ3v) is 4.40. The first-order valence-corrected chi connectivity index (χ1v) is 7.94. The predicted octanol–water partition coefficient (Wildman–Crippen LogP) is 3.75. The van der Waals surface area contributed by atoms with Crippen LogP contribution in [0.25, 0.3) is 10.1 Å². The van der Waals surface area contributed by atoms with Crippen LogP contribution in [0.1, 0.15) is 23.1 Å². The lowest BCUT2D eigenvalue weighted by Crippen LogP contribution is -2.18. The summed E-state index contributed by atoms with van der Waals surface area (Å²) in [6.07, 6.45) is 0.577. The average Bonchev–Trinajstić information content (AvgIpc) is 2.94. The van der Waals surface area contributed by atoms with E-state index in [1.54, 1.807) is 11.3 Å². The predicted molar refractivity (Wildman–Crippen MR) is 90.0 cm³/mol. The fraction of sp³-hybridized carbons (Fsp3) is 0.133. The third kappa shape index (κ3) is 2.75. The van der Waals surface area contributed by atoms with Gasteiger partial charge in [0.25, 0.3) is 5.91 Å². The van der Waals surface area contributed by atoms with Crippen molar-refractivity contribution in [2.24, 2.45) is 5.73 Å². The fourth-order valence-electron chi connectivity index (χ4n) is 2.11. The smallest absolute Gasteiger partial charge is 0.271 e. The Labute approximate surface area is 136 Å². The van der Waals surface area contributed by atoms with Gasteiger partial charge in [-0.3, -0.25) is 4.79 Å². The Morgan fingerprint density at radius 1 is 1.36 bits per heavy atom. The van der Waals surface area contributed by atoms with Gasteiger partial charge in [0, 0.05) is 10.4 Å². The highest BCUT2D eigenvalue weighted by molar-refractivity contribution is 7.17. The first kappa shape index (κ1) is 14.7. The van der Waals surface area contributed by atoms with E-state index in [1.807, 2.05) is 36.6 Å². The van der Waals surface area contributed by atoms with Gasteiger partial charge in [-0.2, -0.15) is 0 Å². The molecule has 1 amide bonds. The highest BCUT2D eigenvalue weighted by Crippen LogP contribution is 2.27. The molecular weight excluding hydrogens is 320 g/mol. The Balaban J connectivity index is 2.03. The van der Waals surface area contributed by atoms with E-state index in [0.29, 0.717) is 12.1 Å². The maximum atomic E-state index is 11.6. The molecule has 3 aromatic rings. The van der Waals surface area contributed by atoms with E-state index in [9.17, 15) is 4.79 Å². The third-order valence-electron chi connectivity index (χ3n) is 3.20. The molecule has 2 heterocycles. The minimum absolute atomic E-state index is 0.0895. The Kier molecular flexibility index (Phi) is 3.96. The molecule has 0 saturated carbocycles. The molecule has 112 valence electrons. The molecule has 5 nitrogen and oxygen atoms in total. The standard InChI is InChI=1S/C15H13ClN4OS/c1-2-10-13(16)20-15(12(19-10)14(17)21)18-9-3-4-11-8(7-9)5-6-22-11/h3-7H,2H2,1H3,(H2,17,21)(H,18,20). The average molecular weight is 333 g/mol. The topological polar surface area (TPSA) is 80.9 Å². The van der Waals surface area contributed by atoms with Crippen LogP contribution in [0.5, 0.6) is 0 Å². The van der Waals surface area contributed by atoms with Crippen LogP contribution >= 0.6 is 22.9 Å². The number of amides is 1. The summed E-state index contributed by atoms with van der Waals surface area (Å²) in [5.41, 5.74) is 6.83. The number of nitrogens with two attached hydrogens (primary N) is 1. The fourth-order valence-corrected chi connectivity index (χ4v) is 3.15. The van der Waals surface area contributed by atoms with Crippen molar-refractivity contribution in [3.63, 3.8) is 0 Å². The number of carbonyl (C=O) groups is 1. The number of aryl methyl sites for hydroxylation is 1. The number of aromatic nitrogens is 2. The number of anilines is 2. The Morgan fingerprint density at radius 3 is 2.91 bits per heavy atom. The van der Waals surface area contributed by atoms with Crippen molar-refractivity contribution in [1.82, 2.24) is 9.97 Å². The number of hydrogen-bond donors (Lipinski definition) is 2. The second-order valence-corrected chi connectivity index (χ2v) is 5.98. The van der Waals surface area contributed by atoms with Crippen molar-refractivity contribution in [1.29, 1.82) is 0 Å². The van der Waals surface area contributed by atoms with E-state index in [-0.39, 0.29) is 16.7 Å². The number of nitrogens with one attached hydrogen (secondary N) is 1. The molecule has 0 saturated heterocycles. The SMILES string of the molecule is CCc1nc(C(N)=O)c(Nc2ccc3sccc3c2)nc1Cl. The molecule has 0 bridgehead atoms. The highest BCUT2D eigenvalue weighted by atomic mass is 35.5. The van der Waals surface area contributed by atoms with Gasteiger partial charge in [0.2, 0.25) is 0 Å².